The number of nitrogens with one attached hydrogen (secondary N) is 2. The zero-order valence-electron chi connectivity index (χ0n) is 15.5. The average molecular weight is 458 g/mol. The third kappa shape index (κ3) is 10.1. The maximum atomic E-state index is 11.1. The number of hydrogen-bond acceptors (Lipinski definition) is 2. The first-order valence-corrected chi connectivity index (χ1v) is 8.46. The summed E-state index contributed by atoms with van der Waals surface area (Å²) < 4.78 is 0. The first kappa shape index (κ1) is 23.4. The lowest BCUT2D eigenvalue weighted by Crippen LogP contribution is -2.39. The number of carbonyl (C=O) groups excluding carboxylic acids is 1. The van der Waals surface area contributed by atoms with Gasteiger partial charge in [0.2, 0.25) is 5.91 Å². The van der Waals surface area contributed by atoms with Crippen LogP contribution in [-0.4, -0.2) is 37.4 Å². The highest BCUT2D eigenvalue weighted by atomic mass is 127. The molecule has 0 saturated carbocycles. The van der Waals surface area contributed by atoms with Crippen LogP contribution in [-0.2, 0) is 11.3 Å². The lowest BCUT2D eigenvalue weighted by atomic mass is 10.2. The van der Waals surface area contributed by atoms with E-state index in [-0.39, 0.29) is 29.9 Å². The Morgan fingerprint density at radius 2 is 2.08 bits per heavy atom. The minimum Gasteiger partial charge on any atom is -0.352 e. The van der Waals surface area contributed by atoms with Gasteiger partial charge in [0.05, 0.1) is 0 Å². The summed E-state index contributed by atoms with van der Waals surface area (Å²) in [6.07, 6.45) is 6.59. The van der Waals surface area contributed by atoms with Gasteiger partial charge in [-0.05, 0) is 37.0 Å². The largest absolute Gasteiger partial charge is 0.352 e. The Bertz CT molecular complexity index is 560. The van der Waals surface area contributed by atoms with Crippen LogP contribution in [0.15, 0.2) is 41.9 Å². The number of unbranched alkanes of at least 4 members (excludes halogenated alkanes) is 3. The lowest BCUT2D eigenvalue weighted by Gasteiger charge is -2.22. The van der Waals surface area contributed by atoms with E-state index in [1.807, 2.05) is 30.3 Å². The van der Waals surface area contributed by atoms with Crippen LogP contribution in [0.2, 0.25) is 0 Å². The van der Waals surface area contributed by atoms with Crippen molar-refractivity contribution in [3.63, 3.8) is 0 Å². The Morgan fingerprint density at radius 1 is 1.32 bits per heavy atom. The molecule has 6 heteroatoms. The number of aliphatic imine (C=N–C) groups is 1. The lowest BCUT2D eigenvalue weighted by molar-refractivity contribution is -0.114. The molecule has 2 N–H and O–H groups in total. The zero-order valence-corrected chi connectivity index (χ0v) is 17.9. The van der Waals surface area contributed by atoms with Crippen LogP contribution in [0.4, 0.5) is 5.69 Å². The quantitative estimate of drug-likeness (QED) is 0.193. The number of anilines is 1. The van der Waals surface area contributed by atoms with Gasteiger partial charge >= 0.3 is 0 Å². The van der Waals surface area contributed by atoms with Crippen molar-refractivity contribution < 1.29 is 4.79 Å². The minimum atomic E-state index is -0.0629. The average Bonchev–Trinajstić information content (AvgIpc) is 2.55. The molecule has 140 valence electrons. The number of amides is 1. The molecule has 0 aromatic heterocycles. The van der Waals surface area contributed by atoms with Gasteiger partial charge in [0.1, 0.15) is 0 Å². The second-order valence-electron chi connectivity index (χ2n) is 5.84. The predicted molar refractivity (Wildman–Crippen MR) is 118 cm³/mol. The molecule has 0 aliphatic heterocycles. The second-order valence-corrected chi connectivity index (χ2v) is 5.84. The highest BCUT2D eigenvalue weighted by Crippen LogP contribution is 2.10. The van der Waals surface area contributed by atoms with E-state index in [4.69, 9.17) is 0 Å². The fraction of sp³-hybridized carbons (Fsp3) is 0.474. The van der Waals surface area contributed by atoms with E-state index in [1.54, 1.807) is 7.05 Å². The molecular weight excluding hydrogens is 427 g/mol. The Balaban J connectivity index is 0.00000576. The molecule has 0 aliphatic carbocycles. The van der Waals surface area contributed by atoms with Gasteiger partial charge in [-0.15, -0.1) is 30.6 Å². The van der Waals surface area contributed by atoms with Crippen LogP contribution >= 0.6 is 24.0 Å². The second kappa shape index (κ2) is 13.7. The van der Waals surface area contributed by atoms with Crippen LogP contribution in [0.1, 0.15) is 38.2 Å². The molecule has 1 aromatic carbocycles. The number of carbonyl (C=O) groups is 1. The van der Waals surface area contributed by atoms with Crippen molar-refractivity contribution in [3.8, 4) is 0 Å². The Kier molecular flexibility index (Phi) is 12.8. The summed E-state index contributed by atoms with van der Waals surface area (Å²) in [5.41, 5.74) is 1.91. The fourth-order valence-electron chi connectivity index (χ4n) is 2.45. The maximum Gasteiger partial charge on any atom is 0.221 e. The molecule has 0 heterocycles. The van der Waals surface area contributed by atoms with Crippen molar-refractivity contribution in [2.75, 3.05) is 26.0 Å². The van der Waals surface area contributed by atoms with Crippen molar-refractivity contribution in [2.45, 2.75) is 39.2 Å². The van der Waals surface area contributed by atoms with Crippen LogP contribution in [0.3, 0.4) is 0 Å². The van der Waals surface area contributed by atoms with Crippen LogP contribution < -0.4 is 10.6 Å². The summed E-state index contributed by atoms with van der Waals surface area (Å²) in [7, 11) is 3.85. The molecule has 1 amide bonds. The number of rotatable bonds is 9. The van der Waals surface area contributed by atoms with Gasteiger partial charge in [-0.2, -0.15) is 0 Å². The Hall–Kier alpha value is -1.57. The van der Waals surface area contributed by atoms with Crippen molar-refractivity contribution >= 4 is 41.5 Å². The molecule has 0 aliphatic rings. The molecule has 0 fully saturated rings. The van der Waals surface area contributed by atoms with Gasteiger partial charge < -0.3 is 15.5 Å². The molecule has 1 rings (SSSR count). The van der Waals surface area contributed by atoms with E-state index in [0.29, 0.717) is 6.54 Å². The summed E-state index contributed by atoms with van der Waals surface area (Å²) >= 11 is 0. The number of guanidine groups is 1. The highest BCUT2D eigenvalue weighted by Gasteiger charge is 2.05. The minimum absolute atomic E-state index is 0. The third-order valence-electron chi connectivity index (χ3n) is 3.67. The van der Waals surface area contributed by atoms with E-state index in [9.17, 15) is 4.79 Å². The van der Waals surface area contributed by atoms with E-state index >= 15 is 0 Å². The molecular formula is C19H31IN4O. The highest BCUT2D eigenvalue weighted by molar-refractivity contribution is 14.0. The maximum absolute atomic E-state index is 11.1. The molecule has 0 saturated heterocycles. The van der Waals surface area contributed by atoms with Gasteiger partial charge in [0, 0.05) is 39.8 Å². The van der Waals surface area contributed by atoms with Crippen molar-refractivity contribution in [1.82, 2.24) is 10.2 Å². The van der Waals surface area contributed by atoms with Crippen molar-refractivity contribution in [2.24, 2.45) is 4.99 Å². The van der Waals surface area contributed by atoms with E-state index < -0.39 is 0 Å². The number of nitrogens with zero attached hydrogens (tertiary/aromatic N) is 2. The normalized spacial score (nSPS) is 10.6. The van der Waals surface area contributed by atoms with E-state index in [2.05, 4.69) is 34.2 Å². The van der Waals surface area contributed by atoms with Crippen LogP contribution in [0.5, 0.6) is 0 Å². The standard InChI is InChI=1S/C19H30N4O.HI/c1-5-6-7-8-9-13-23(4)19(20-3)21-15-17-11-10-12-18(14-17)22-16(2)24;/h5,10-12,14H,1,6-9,13,15H2,2-4H3,(H,20,21)(H,22,24);1H. The topological polar surface area (TPSA) is 56.7 Å². The molecule has 5 nitrogen and oxygen atoms in total. The van der Waals surface area contributed by atoms with E-state index in [0.717, 1.165) is 36.6 Å². The van der Waals surface area contributed by atoms with Crippen LogP contribution in [0, 0.1) is 0 Å². The molecule has 0 radical (unpaired) electrons. The first-order chi connectivity index (χ1) is 11.6. The molecule has 0 atom stereocenters. The smallest absolute Gasteiger partial charge is 0.221 e. The third-order valence-corrected chi connectivity index (χ3v) is 3.67. The summed E-state index contributed by atoms with van der Waals surface area (Å²) in [6, 6.07) is 7.82. The van der Waals surface area contributed by atoms with Gasteiger partial charge in [-0.1, -0.05) is 24.6 Å². The molecule has 0 spiro atoms. The summed E-state index contributed by atoms with van der Waals surface area (Å²) in [4.78, 5) is 17.6. The van der Waals surface area contributed by atoms with Crippen molar-refractivity contribution in [3.05, 3.63) is 42.5 Å². The molecule has 1 aromatic rings. The predicted octanol–water partition coefficient (Wildman–Crippen LogP) is 4.02. The summed E-state index contributed by atoms with van der Waals surface area (Å²) in [6.45, 7) is 6.90. The Morgan fingerprint density at radius 3 is 2.72 bits per heavy atom. The van der Waals surface area contributed by atoms with Gasteiger partial charge in [-0.3, -0.25) is 9.79 Å². The number of halogens is 1. The van der Waals surface area contributed by atoms with Gasteiger partial charge in [0.25, 0.3) is 0 Å². The van der Waals surface area contributed by atoms with E-state index in [1.165, 1.54) is 19.8 Å². The SMILES string of the molecule is C=CCCCCCN(C)C(=NC)NCc1cccc(NC(C)=O)c1.I. The Labute approximate surface area is 169 Å². The fourth-order valence-corrected chi connectivity index (χ4v) is 2.45. The summed E-state index contributed by atoms with van der Waals surface area (Å²) in [5, 5.41) is 6.16. The monoisotopic (exact) mass is 458 g/mol. The zero-order chi connectivity index (χ0) is 17.8. The first-order valence-electron chi connectivity index (χ1n) is 8.46. The summed E-state index contributed by atoms with van der Waals surface area (Å²) in [5.74, 6) is 0.816. The van der Waals surface area contributed by atoms with Gasteiger partial charge in [0.15, 0.2) is 5.96 Å². The molecule has 0 bridgehead atoms. The van der Waals surface area contributed by atoms with Gasteiger partial charge in [-0.25, -0.2) is 0 Å². The number of hydrogen-bond donors (Lipinski definition) is 2. The number of benzene rings is 1. The molecule has 0 unspecified atom stereocenters. The van der Waals surface area contributed by atoms with Crippen LogP contribution in [0.25, 0.3) is 0 Å². The molecule has 25 heavy (non-hydrogen) atoms. The van der Waals surface area contributed by atoms with Crippen molar-refractivity contribution in [1.29, 1.82) is 0 Å². The number of allylic oxidation sites excluding steroid dienone is 1.